The molecule has 0 bridgehead atoms. The highest BCUT2D eigenvalue weighted by Crippen LogP contribution is 2.19. The van der Waals surface area contributed by atoms with Crippen molar-refractivity contribution in [1.82, 2.24) is 10.2 Å². The van der Waals surface area contributed by atoms with Crippen LogP contribution in [0.5, 0.6) is 5.75 Å². The standard InChI is InChI=1S/C20H23ClN2O2/c1-22-18-9-11-23(12-10-18)20(24)16-3-2-4-19(13-16)25-14-15-5-7-17(21)8-6-15/h2-8,13,18,22H,9-12,14H2,1H3. The molecule has 0 radical (unpaired) electrons. The number of hydrogen-bond donors (Lipinski definition) is 1. The van der Waals surface area contributed by atoms with E-state index in [9.17, 15) is 4.79 Å². The molecule has 25 heavy (non-hydrogen) atoms. The van der Waals surface area contributed by atoms with Crippen LogP contribution in [0.2, 0.25) is 5.02 Å². The molecular formula is C20H23ClN2O2. The highest BCUT2D eigenvalue weighted by molar-refractivity contribution is 6.30. The number of piperidine rings is 1. The van der Waals surface area contributed by atoms with Crippen LogP contribution in [-0.4, -0.2) is 37.0 Å². The Hall–Kier alpha value is -2.04. The predicted molar refractivity (Wildman–Crippen MR) is 100 cm³/mol. The SMILES string of the molecule is CNC1CCN(C(=O)c2cccc(OCc3ccc(Cl)cc3)c2)CC1. The highest BCUT2D eigenvalue weighted by atomic mass is 35.5. The van der Waals surface area contributed by atoms with Crippen molar-refractivity contribution >= 4 is 17.5 Å². The van der Waals surface area contributed by atoms with Gasteiger partial charge in [0, 0.05) is 29.7 Å². The smallest absolute Gasteiger partial charge is 0.253 e. The lowest BCUT2D eigenvalue weighted by Crippen LogP contribution is -2.43. The van der Waals surface area contributed by atoms with Gasteiger partial charge >= 0.3 is 0 Å². The molecular weight excluding hydrogens is 336 g/mol. The molecule has 1 fully saturated rings. The molecule has 0 atom stereocenters. The average Bonchev–Trinajstić information content (AvgIpc) is 2.67. The first-order valence-corrected chi connectivity index (χ1v) is 8.97. The Morgan fingerprint density at radius 3 is 2.60 bits per heavy atom. The predicted octanol–water partition coefficient (Wildman–Crippen LogP) is 3.74. The molecule has 1 N–H and O–H groups in total. The number of ether oxygens (including phenoxy) is 1. The molecule has 2 aromatic rings. The summed E-state index contributed by atoms with van der Waals surface area (Å²) in [4.78, 5) is 14.6. The first-order chi connectivity index (χ1) is 12.2. The van der Waals surface area contributed by atoms with Gasteiger partial charge in [-0.25, -0.2) is 0 Å². The number of likely N-dealkylation sites (tertiary alicyclic amines) is 1. The van der Waals surface area contributed by atoms with Gasteiger partial charge in [-0.2, -0.15) is 0 Å². The third-order valence-electron chi connectivity index (χ3n) is 4.59. The van der Waals surface area contributed by atoms with E-state index < -0.39 is 0 Å². The first kappa shape index (κ1) is 17.8. The minimum Gasteiger partial charge on any atom is -0.489 e. The van der Waals surface area contributed by atoms with Gasteiger partial charge in [0.2, 0.25) is 0 Å². The second-order valence-corrected chi connectivity index (χ2v) is 6.73. The van der Waals surface area contributed by atoms with Crippen molar-refractivity contribution in [2.24, 2.45) is 0 Å². The molecule has 1 heterocycles. The Balaban J connectivity index is 1.61. The maximum absolute atomic E-state index is 12.7. The summed E-state index contributed by atoms with van der Waals surface area (Å²) < 4.78 is 5.82. The van der Waals surface area contributed by atoms with Gasteiger partial charge in [-0.15, -0.1) is 0 Å². The Labute approximate surface area is 153 Å². The van der Waals surface area contributed by atoms with Crippen molar-refractivity contribution in [1.29, 1.82) is 0 Å². The Kier molecular flexibility index (Phi) is 5.95. The van der Waals surface area contributed by atoms with Crippen LogP contribution in [0.3, 0.4) is 0 Å². The van der Waals surface area contributed by atoms with E-state index in [1.54, 1.807) is 0 Å². The third kappa shape index (κ3) is 4.74. The lowest BCUT2D eigenvalue weighted by atomic mass is 10.0. The molecule has 0 unspecified atom stereocenters. The topological polar surface area (TPSA) is 41.6 Å². The maximum atomic E-state index is 12.7. The number of rotatable bonds is 5. The van der Waals surface area contributed by atoms with Crippen molar-refractivity contribution in [2.75, 3.05) is 20.1 Å². The van der Waals surface area contributed by atoms with E-state index in [0.717, 1.165) is 31.5 Å². The maximum Gasteiger partial charge on any atom is 0.253 e. The molecule has 4 nitrogen and oxygen atoms in total. The summed E-state index contributed by atoms with van der Waals surface area (Å²) in [5.41, 5.74) is 1.71. The van der Waals surface area contributed by atoms with Crippen LogP contribution in [0.4, 0.5) is 0 Å². The molecule has 132 valence electrons. The van der Waals surface area contributed by atoms with E-state index in [1.807, 2.05) is 60.5 Å². The summed E-state index contributed by atoms with van der Waals surface area (Å²) in [7, 11) is 1.98. The molecule has 0 aromatic heterocycles. The van der Waals surface area contributed by atoms with Crippen LogP contribution in [0.15, 0.2) is 48.5 Å². The fraction of sp³-hybridized carbons (Fsp3) is 0.350. The number of hydrogen-bond acceptors (Lipinski definition) is 3. The van der Waals surface area contributed by atoms with Crippen LogP contribution < -0.4 is 10.1 Å². The van der Waals surface area contributed by atoms with Crippen LogP contribution in [0.1, 0.15) is 28.8 Å². The number of carbonyl (C=O) groups excluding carboxylic acids is 1. The second kappa shape index (κ2) is 8.37. The van der Waals surface area contributed by atoms with Crippen molar-refractivity contribution < 1.29 is 9.53 Å². The monoisotopic (exact) mass is 358 g/mol. The fourth-order valence-electron chi connectivity index (χ4n) is 3.02. The molecule has 3 rings (SSSR count). The Morgan fingerprint density at radius 1 is 1.20 bits per heavy atom. The molecule has 1 aliphatic heterocycles. The van der Waals surface area contributed by atoms with Crippen LogP contribution >= 0.6 is 11.6 Å². The number of benzene rings is 2. The summed E-state index contributed by atoms with van der Waals surface area (Å²) in [5, 5.41) is 3.99. The zero-order valence-corrected chi connectivity index (χ0v) is 15.1. The van der Waals surface area contributed by atoms with Gasteiger partial charge in [-0.1, -0.05) is 29.8 Å². The van der Waals surface area contributed by atoms with E-state index >= 15 is 0 Å². The van der Waals surface area contributed by atoms with Gasteiger partial charge < -0.3 is 15.0 Å². The number of carbonyl (C=O) groups is 1. The first-order valence-electron chi connectivity index (χ1n) is 8.59. The molecule has 0 aliphatic carbocycles. The van der Waals surface area contributed by atoms with Crippen LogP contribution in [0.25, 0.3) is 0 Å². The van der Waals surface area contributed by atoms with Crippen molar-refractivity contribution in [3.05, 3.63) is 64.7 Å². The summed E-state index contributed by atoms with van der Waals surface area (Å²) in [6.07, 6.45) is 1.99. The molecule has 1 amide bonds. The number of nitrogens with one attached hydrogen (secondary N) is 1. The van der Waals surface area contributed by atoms with E-state index in [0.29, 0.717) is 29.0 Å². The second-order valence-electron chi connectivity index (χ2n) is 6.30. The third-order valence-corrected chi connectivity index (χ3v) is 4.84. The number of halogens is 1. The van der Waals surface area contributed by atoms with Gasteiger partial charge in [0.25, 0.3) is 5.91 Å². The molecule has 1 saturated heterocycles. The van der Waals surface area contributed by atoms with Gasteiger partial charge in [0.1, 0.15) is 12.4 Å². The van der Waals surface area contributed by atoms with E-state index in [1.165, 1.54) is 0 Å². The van der Waals surface area contributed by atoms with E-state index in [-0.39, 0.29) is 5.91 Å². The Bertz CT molecular complexity index is 710. The minimum absolute atomic E-state index is 0.0755. The molecule has 0 saturated carbocycles. The average molecular weight is 359 g/mol. The molecule has 0 spiro atoms. The zero-order chi connectivity index (χ0) is 17.6. The largest absolute Gasteiger partial charge is 0.489 e. The summed E-state index contributed by atoms with van der Waals surface area (Å²) >= 11 is 5.89. The van der Waals surface area contributed by atoms with Crippen molar-refractivity contribution in [2.45, 2.75) is 25.5 Å². The van der Waals surface area contributed by atoms with Gasteiger partial charge in [-0.05, 0) is 55.8 Å². The lowest BCUT2D eigenvalue weighted by Gasteiger charge is -2.31. The zero-order valence-electron chi connectivity index (χ0n) is 14.4. The molecule has 1 aliphatic rings. The quantitative estimate of drug-likeness (QED) is 0.885. The summed E-state index contributed by atoms with van der Waals surface area (Å²) in [6, 6.07) is 15.5. The van der Waals surface area contributed by atoms with Crippen LogP contribution in [0, 0.1) is 0 Å². The fourth-order valence-corrected chi connectivity index (χ4v) is 3.15. The van der Waals surface area contributed by atoms with Gasteiger partial charge in [-0.3, -0.25) is 4.79 Å². The van der Waals surface area contributed by atoms with E-state index in [2.05, 4.69) is 5.32 Å². The lowest BCUT2D eigenvalue weighted by molar-refractivity contribution is 0.0707. The summed E-state index contributed by atoms with van der Waals surface area (Å²) in [6.45, 7) is 2.03. The minimum atomic E-state index is 0.0755. The van der Waals surface area contributed by atoms with Crippen molar-refractivity contribution in [3.63, 3.8) is 0 Å². The molecule has 5 heteroatoms. The van der Waals surface area contributed by atoms with Gasteiger partial charge in [0.05, 0.1) is 0 Å². The number of amides is 1. The normalized spacial score (nSPS) is 15.2. The van der Waals surface area contributed by atoms with Gasteiger partial charge in [0.15, 0.2) is 0 Å². The summed E-state index contributed by atoms with van der Waals surface area (Å²) in [5.74, 6) is 0.775. The highest BCUT2D eigenvalue weighted by Gasteiger charge is 2.22. The van der Waals surface area contributed by atoms with Crippen LogP contribution in [-0.2, 0) is 6.61 Å². The Morgan fingerprint density at radius 2 is 1.92 bits per heavy atom. The molecule has 2 aromatic carbocycles. The van der Waals surface area contributed by atoms with E-state index in [4.69, 9.17) is 16.3 Å². The number of nitrogens with zero attached hydrogens (tertiary/aromatic N) is 1. The van der Waals surface area contributed by atoms with Crippen molar-refractivity contribution in [3.8, 4) is 5.75 Å².